The van der Waals surface area contributed by atoms with Crippen molar-refractivity contribution in [1.82, 2.24) is 0 Å². The monoisotopic (exact) mass is 453 g/mol. The molecule has 0 aliphatic carbocycles. The topological polar surface area (TPSA) is 215 Å². The van der Waals surface area contributed by atoms with Crippen molar-refractivity contribution in [2.75, 3.05) is 0 Å². The van der Waals surface area contributed by atoms with Crippen molar-refractivity contribution >= 4 is 120 Å². The van der Waals surface area contributed by atoms with Crippen molar-refractivity contribution in [3.05, 3.63) is 0 Å². The molecule has 0 amide bonds. The van der Waals surface area contributed by atoms with Crippen LogP contribution >= 0.6 is 0 Å². The average Bonchev–Trinajstić information content (AvgIpc) is 2.63. The van der Waals surface area contributed by atoms with E-state index in [1.54, 1.807) is 0 Å². The predicted octanol–water partition coefficient (Wildman–Crippen LogP) is 3.16. The van der Waals surface area contributed by atoms with Crippen LogP contribution in [0.2, 0.25) is 0 Å². The van der Waals surface area contributed by atoms with Gasteiger partial charge in [-0.15, -0.1) is 0 Å². The molecule has 0 rings (SSSR count). The van der Waals surface area contributed by atoms with Gasteiger partial charge in [-0.3, -0.25) is 0 Å². The Labute approximate surface area is 171 Å². The van der Waals surface area contributed by atoms with Crippen molar-refractivity contribution in [2.24, 2.45) is 0 Å². The lowest BCUT2D eigenvalue weighted by molar-refractivity contribution is 1.67. The van der Waals surface area contributed by atoms with Gasteiger partial charge < -0.3 is 0 Å². The molecule has 0 unspecified atom stereocenters. The van der Waals surface area contributed by atoms with Crippen LogP contribution in [0.25, 0.3) is 0 Å². The smallest absolute Gasteiger partial charge is 0.0324 e. The third kappa shape index (κ3) is 90400. The number of hydrogen-bond donors (Lipinski definition) is 9. The molecule has 0 heterocycles. The summed E-state index contributed by atoms with van der Waals surface area (Å²) in [6.07, 6.45) is 0. The highest BCUT2D eigenvalue weighted by Gasteiger charge is 0.634. The second-order valence-electron chi connectivity index (χ2n) is 0. The number of nitrogens with one attached hydrogen (secondary N) is 9. The summed E-state index contributed by atoms with van der Waals surface area (Å²) >= 11 is 30.0. The zero-order chi connectivity index (χ0) is 18.0. The van der Waals surface area contributed by atoms with Crippen LogP contribution in [0.5, 0.6) is 0 Å². The average molecular weight is 454 g/mol. The summed E-state index contributed by atoms with van der Waals surface area (Å²) in [4.78, 5) is 0. The van der Waals surface area contributed by atoms with E-state index in [4.69, 9.17) is 43.0 Å². The summed E-state index contributed by atoms with van der Waals surface area (Å²) in [5.41, 5.74) is 0. The summed E-state index contributed by atoms with van der Waals surface area (Å²) in [5.74, 6) is 0. The van der Waals surface area contributed by atoms with Crippen LogP contribution in [0.3, 0.4) is 0 Å². The van der Waals surface area contributed by atoms with Gasteiger partial charge in [0.15, 0.2) is 0 Å². The Morgan fingerprint density at radius 2 is 0.300 bits per heavy atom. The Kier molecular flexibility index (Phi) is 468000. The summed E-state index contributed by atoms with van der Waals surface area (Å²) in [6, 6.07) is 0. The van der Waals surface area contributed by atoms with Crippen LogP contribution in [0.15, 0.2) is 0 Å². The van der Waals surface area contributed by atoms with Crippen molar-refractivity contribution in [3.8, 4) is 0 Å². The molecule has 0 saturated carbocycles. The minimum Gasteiger partial charge on any atom is -0.235 e. The molecule has 0 aliphatic rings. The van der Waals surface area contributed by atoms with Gasteiger partial charge in [-0.25, -0.2) is 43.0 Å². The van der Waals surface area contributed by atoms with E-state index in [9.17, 15) is 0 Å². The van der Waals surface area contributed by atoms with Gasteiger partial charge in [0.2, 0.25) is 0 Å². The van der Waals surface area contributed by atoms with Gasteiger partial charge in [0.25, 0.3) is 0 Å². The lowest BCUT2D eigenvalue weighted by Crippen LogP contribution is -0.668. The maximum absolute atomic E-state index is 5.33. The largest absolute Gasteiger partial charge is 0.235 e. The third-order valence-electron chi connectivity index (χ3n) is 0. The van der Waals surface area contributed by atoms with Gasteiger partial charge >= 0.3 is 0 Å². The van der Waals surface area contributed by atoms with Crippen molar-refractivity contribution in [3.63, 3.8) is 0 Å². The van der Waals surface area contributed by atoms with E-state index in [2.05, 4.69) is 112 Å². The van der Waals surface area contributed by atoms with Crippen molar-refractivity contribution in [2.45, 2.75) is 7.43 Å². The van der Waals surface area contributed by atoms with E-state index in [1.165, 1.54) is 0 Å². The minimum absolute atomic E-state index is 0. The highest BCUT2D eigenvalue weighted by molar-refractivity contribution is 7.46. The lowest BCUT2D eigenvalue weighted by atomic mass is 10.8. The SMILES string of the molecule is C.N=S.N=S.N=S.N=S.N=S.N=S.N=S.N=S.N=S.[2HH].[B]. The molecule has 0 fully saturated rings. The molecule has 9 nitrogen and oxygen atoms in total. The number of hydrogen-bond acceptors (Lipinski definition) is 18. The molecule has 0 spiro atoms. The zero-order valence-corrected chi connectivity index (χ0v) is 16.1. The van der Waals surface area contributed by atoms with Crippen LogP contribution in [-0.2, 0) is 112 Å². The number of rotatable bonds is 0. The molecule has 20 heavy (non-hydrogen) atoms. The first kappa shape index (κ1) is 87.7. The highest BCUT2D eigenvalue weighted by Crippen LogP contribution is 0.765. The predicted molar refractivity (Wildman–Crippen MR) is 105 cm³/mol. The summed E-state index contributed by atoms with van der Waals surface area (Å²) < 4.78 is 48.0. The Morgan fingerprint density at radius 3 is 0.300 bits per heavy atom. The highest BCUT2D eigenvalue weighted by atomic mass is 32.1. The zero-order valence-electron chi connectivity index (χ0n) is 8.75. The summed E-state index contributed by atoms with van der Waals surface area (Å²) in [7, 11) is 0. The van der Waals surface area contributed by atoms with E-state index >= 15 is 0 Å². The fraction of sp³-hybridized carbons (Fsp3) is 1.00. The van der Waals surface area contributed by atoms with Gasteiger partial charge in [0.1, 0.15) is 0 Å². The maximum Gasteiger partial charge on any atom is 0.0324 e. The molecule has 0 saturated heterocycles. The molecular formula is CH15BN9S9. The van der Waals surface area contributed by atoms with Crippen LogP contribution in [0.4, 0.5) is 0 Å². The Morgan fingerprint density at radius 1 is 0.300 bits per heavy atom. The van der Waals surface area contributed by atoms with Gasteiger partial charge in [0.05, 0.1) is 0 Å². The van der Waals surface area contributed by atoms with Crippen LogP contribution in [0, 0.1) is 43.0 Å². The fourth-order valence-corrected chi connectivity index (χ4v) is 0. The first-order chi connectivity index (χ1) is 9.00. The molecule has 0 aromatic carbocycles. The third-order valence-corrected chi connectivity index (χ3v) is 0. The van der Waals surface area contributed by atoms with E-state index in [1.807, 2.05) is 0 Å². The Balaban J connectivity index is -0.00000000426. The van der Waals surface area contributed by atoms with Gasteiger partial charge in [0, 0.05) is 122 Å². The Hall–Kier alpha value is 0.245. The first-order valence-corrected chi connectivity index (χ1v) is 5.51. The van der Waals surface area contributed by atoms with Crippen LogP contribution < -0.4 is 0 Å². The van der Waals surface area contributed by atoms with E-state index in [-0.39, 0.29) is 17.3 Å². The van der Waals surface area contributed by atoms with Gasteiger partial charge in [-0.1, -0.05) is 7.43 Å². The molecule has 0 aromatic heterocycles. The molecular weight excluding hydrogens is 437 g/mol. The molecule has 3 radical (unpaired) electrons. The van der Waals surface area contributed by atoms with E-state index in [0.717, 1.165) is 0 Å². The second kappa shape index (κ2) is 107000. The van der Waals surface area contributed by atoms with Crippen molar-refractivity contribution < 1.29 is 1.43 Å². The molecule has 0 atom stereocenters. The van der Waals surface area contributed by atoms with E-state index in [0.29, 0.717) is 0 Å². The molecule has 0 aliphatic heterocycles. The normalized spacial score (nSPS) is 1.80. The molecule has 121 valence electrons. The quantitative estimate of drug-likeness (QED) is 0.246. The van der Waals surface area contributed by atoms with Gasteiger partial charge in [-0.2, -0.15) is 0 Å². The molecule has 0 aromatic rings. The second-order valence-corrected chi connectivity index (χ2v) is 0. The van der Waals surface area contributed by atoms with Gasteiger partial charge in [-0.05, 0) is 0 Å². The fourth-order valence-electron chi connectivity index (χ4n) is 0. The Bertz CT molecular complexity index is 63.7. The lowest BCUT2D eigenvalue weighted by Gasteiger charge is -0.821. The van der Waals surface area contributed by atoms with Crippen molar-refractivity contribution in [1.29, 1.82) is 43.0 Å². The van der Waals surface area contributed by atoms with Crippen LogP contribution in [0.1, 0.15) is 8.85 Å². The molecule has 19 heteroatoms. The van der Waals surface area contributed by atoms with E-state index < -0.39 is 0 Å². The van der Waals surface area contributed by atoms with Crippen LogP contribution in [-0.4, -0.2) is 8.41 Å². The molecule has 0 bridgehead atoms. The first-order valence-electron chi connectivity index (χ1n) is 1.84. The maximum atomic E-state index is 5.33. The minimum atomic E-state index is 0. The standard InChI is InChI=1S/CH4.B.9HNS.H2/c;;9*1-2;/h1H4;;9*1H;1H/i;;;;;;;;;;;1+1. The molecule has 9 N–H and O–H groups in total. The summed E-state index contributed by atoms with van der Waals surface area (Å²) in [6.45, 7) is 0. The summed E-state index contributed by atoms with van der Waals surface area (Å²) in [5, 5.41) is 0.